The zero-order valence-electron chi connectivity index (χ0n) is 11.3. The lowest BCUT2D eigenvalue weighted by atomic mass is 10.1. The van der Waals surface area contributed by atoms with Crippen LogP contribution in [0.5, 0.6) is 0 Å². The zero-order valence-corrected chi connectivity index (χ0v) is 11.3. The largest absolute Gasteiger partial charge is 0.464 e. The van der Waals surface area contributed by atoms with Crippen LogP contribution in [-0.2, 0) is 4.74 Å². The molecule has 1 atom stereocenters. The number of methoxy groups -OCH3 is 1. The first-order valence-electron chi connectivity index (χ1n) is 6.40. The average molecular weight is 264 g/mol. The van der Waals surface area contributed by atoms with Crippen LogP contribution < -0.4 is 11.1 Å². The molecular weight excluding hydrogens is 244 g/mol. The number of nitrogens with one attached hydrogen (secondary N) is 1. The van der Waals surface area contributed by atoms with E-state index in [9.17, 15) is 4.79 Å². The molecule has 0 radical (unpaired) electrons. The molecule has 0 aliphatic carbocycles. The van der Waals surface area contributed by atoms with Crippen molar-refractivity contribution in [1.82, 2.24) is 9.88 Å². The average Bonchev–Trinajstić information content (AvgIpc) is 2.40. The standard InChI is InChI=1S/C13H20N4O2/c1-17-7-3-4-9(8-17)15-12-10(14)5-6-11(16-12)13(18)19-2/h5-6,9H,3-4,7-8,14H2,1-2H3,(H,15,16). The van der Waals surface area contributed by atoms with Crippen molar-refractivity contribution in [2.75, 3.05) is 38.3 Å². The molecule has 1 aromatic rings. The molecule has 0 bridgehead atoms. The van der Waals surface area contributed by atoms with Crippen molar-refractivity contribution in [2.45, 2.75) is 18.9 Å². The lowest BCUT2D eigenvalue weighted by Gasteiger charge is -2.30. The number of rotatable bonds is 3. The van der Waals surface area contributed by atoms with Gasteiger partial charge in [0.15, 0.2) is 5.69 Å². The summed E-state index contributed by atoms with van der Waals surface area (Å²) in [4.78, 5) is 18.0. The van der Waals surface area contributed by atoms with Crippen LogP contribution in [0.2, 0.25) is 0 Å². The minimum Gasteiger partial charge on any atom is -0.464 e. The Morgan fingerprint density at radius 2 is 2.37 bits per heavy atom. The fourth-order valence-electron chi connectivity index (χ4n) is 2.28. The van der Waals surface area contributed by atoms with E-state index in [1.54, 1.807) is 12.1 Å². The highest BCUT2D eigenvalue weighted by molar-refractivity contribution is 5.88. The summed E-state index contributed by atoms with van der Waals surface area (Å²) in [6.45, 7) is 2.06. The highest BCUT2D eigenvalue weighted by Gasteiger charge is 2.19. The SMILES string of the molecule is COC(=O)c1ccc(N)c(NC2CCCN(C)C2)n1. The fraction of sp³-hybridized carbons (Fsp3) is 0.538. The summed E-state index contributed by atoms with van der Waals surface area (Å²) >= 11 is 0. The molecule has 104 valence electrons. The Morgan fingerprint density at radius 3 is 3.05 bits per heavy atom. The number of hydrogen-bond acceptors (Lipinski definition) is 6. The van der Waals surface area contributed by atoms with Crippen molar-refractivity contribution in [3.63, 3.8) is 0 Å². The van der Waals surface area contributed by atoms with E-state index in [0.29, 0.717) is 17.5 Å². The number of piperidine rings is 1. The highest BCUT2D eigenvalue weighted by Crippen LogP contribution is 2.20. The predicted molar refractivity (Wildman–Crippen MR) is 74.1 cm³/mol. The van der Waals surface area contributed by atoms with Gasteiger partial charge in [0.1, 0.15) is 5.82 Å². The van der Waals surface area contributed by atoms with Crippen molar-refractivity contribution in [3.05, 3.63) is 17.8 Å². The number of carbonyl (C=O) groups is 1. The summed E-state index contributed by atoms with van der Waals surface area (Å²) in [6.07, 6.45) is 2.22. The maximum absolute atomic E-state index is 11.5. The van der Waals surface area contributed by atoms with Gasteiger partial charge in [0.2, 0.25) is 0 Å². The van der Waals surface area contributed by atoms with Crippen molar-refractivity contribution < 1.29 is 9.53 Å². The van der Waals surface area contributed by atoms with Gasteiger partial charge in [-0.3, -0.25) is 0 Å². The quantitative estimate of drug-likeness (QED) is 0.791. The second kappa shape index (κ2) is 5.88. The lowest BCUT2D eigenvalue weighted by molar-refractivity contribution is 0.0594. The number of nitrogens with two attached hydrogens (primary N) is 1. The lowest BCUT2D eigenvalue weighted by Crippen LogP contribution is -2.40. The molecular formula is C13H20N4O2. The van der Waals surface area contributed by atoms with Gasteiger partial charge >= 0.3 is 5.97 Å². The van der Waals surface area contributed by atoms with Gasteiger partial charge in [0.05, 0.1) is 12.8 Å². The van der Waals surface area contributed by atoms with Gasteiger partial charge in [0.25, 0.3) is 0 Å². The molecule has 6 nitrogen and oxygen atoms in total. The van der Waals surface area contributed by atoms with E-state index in [0.717, 1.165) is 25.9 Å². The summed E-state index contributed by atoms with van der Waals surface area (Å²) < 4.78 is 4.66. The van der Waals surface area contributed by atoms with E-state index in [2.05, 4.69) is 27.0 Å². The molecule has 0 amide bonds. The maximum Gasteiger partial charge on any atom is 0.356 e. The number of carbonyl (C=O) groups excluding carboxylic acids is 1. The Balaban J connectivity index is 2.12. The molecule has 19 heavy (non-hydrogen) atoms. The third kappa shape index (κ3) is 3.35. The molecule has 3 N–H and O–H groups in total. The van der Waals surface area contributed by atoms with Gasteiger partial charge in [0, 0.05) is 12.6 Å². The number of pyridine rings is 1. The number of esters is 1. The van der Waals surface area contributed by atoms with Gasteiger partial charge in [-0.15, -0.1) is 0 Å². The van der Waals surface area contributed by atoms with E-state index >= 15 is 0 Å². The predicted octanol–water partition coefficient (Wildman–Crippen LogP) is 0.956. The number of nitrogen functional groups attached to an aromatic ring is 1. The van der Waals surface area contributed by atoms with Crippen molar-refractivity contribution in [3.8, 4) is 0 Å². The number of ether oxygens (including phenoxy) is 1. The molecule has 1 fully saturated rings. The van der Waals surface area contributed by atoms with Crippen LogP contribution in [-0.4, -0.2) is 49.1 Å². The highest BCUT2D eigenvalue weighted by atomic mass is 16.5. The minimum atomic E-state index is -0.455. The molecule has 1 aliphatic heterocycles. The zero-order chi connectivity index (χ0) is 13.8. The Kier molecular flexibility index (Phi) is 4.21. The molecule has 1 aliphatic rings. The number of nitrogens with zero attached hydrogens (tertiary/aromatic N) is 2. The van der Waals surface area contributed by atoms with Gasteiger partial charge in [-0.25, -0.2) is 9.78 Å². The third-order valence-electron chi connectivity index (χ3n) is 3.29. The van der Waals surface area contributed by atoms with Gasteiger partial charge < -0.3 is 20.7 Å². The number of aromatic nitrogens is 1. The summed E-state index contributed by atoms with van der Waals surface area (Å²) in [5, 5.41) is 3.31. The van der Waals surface area contributed by atoms with Crippen LogP contribution in [0.4, 0.5) is 11.5 Å². The molecule has 0 saturated carbocycles. The summed E-state index contributed by atoms with van der Waals surface area (Å²) in [5.41, 5.74) is 6.70. The Hall–Kier alpha value is -1.82. The minimum absolute atomic E-state index is 0.267. The Labute approximate surface area is 112 Å². The molecule has 2 rings (SSSR count). The van der Waals surface area contributed by atoms with Gasteiger partial charge in [-0.05, 0) is 38.6 Å². The summed E-state index contributed by atoms with van der Waals surface area (Å²) in [7, 11) is 3.43. The number of hydrogen-bond donors (Lipinski definition) is 2. The van der Waals surface area contributed by atoms with Crippen molar-refractivity contribution in [1.29, 1.82) is 0 Å². The monoisotopic (exact) mass is 264 g/mol. The van der Waals surface area contributed by atoms with Crippen LogP contribution in [0.25, 0.3) is 0 Å². The van der Waals surface area contributed by atoms with Crippen molar-refractivity contribution in [2.24, 2.45) is 0 Å². The van der Waals surface area contributed by atoms with Crippen LogP contribution in [0.1, 0.15) is 23.3 Å². The summed E-state index contributed by atoms with van der Waals surface area (Å²) in [5.74, 6) is 0.104. The molecule has 0 spiro atoms. The van der Waals surface area contributed by atoms with Crippen LogP contribution in [0.15, 0.2) is 12.1 Å². The van der Waals surface area contributed by atoms with E-state index < -0.39 is 5.97 Å². The second-order valence-corrected chi connectivity index (χ2v) is 4.87. The van der Waals surface area contributed by atoms with E-state index in [-0.39, 0.29) is 5.69 Å². The van der Waals surface area contributed by atoms with Gasteiger partial charge in [-0.1, -0.05) is 0 Å². The third-order valence-corrected chi connectivity index (χ3v) is 3.29. The summed E-state index contributed by atoms with van der Waals surface area (Å²) in [6, 6.07) is 3.55. The van der Waals surface area contributed by atoms with E-state index in [1.165, 1.54) is 7.11 Å². The molecule has 6 heteroatoms. The van der Waals surface area contributed by atoms with Crippen LogP contribution >= 0.6 is 0 Å². The van der Waals surface area contributed by atoms with E-state index in [4.69, 9.17) is 5.73 Å². The number of likely N-dealkylation sites (tertiary alicyclic amines) is 1. The van der Waals surface area contributed by atoms with Crippen LogP contribution in [0, 0.1) is 0 Å². The Bertz CT molecular complexity index is 464. The van der Waals surface area contributed by atoms with Crippen LogP contribution in [0.3, 0.4) is 0 Å². The molecule has 0 aromatic carbocycles. The number of anilines is 2. The molecule has 1 saturated heterocycles. The molecule has 1 unspecified atom stereocenters. The molecule has 1 aromatic heterocycles. The first-order valence-corrected chi connectivity index (χ1v) is 6.40. The Morgan fingerprint density at radius 1 is 1.58 bits per heavy atom. The maximum atomic E-state index is 11.5. The first-order chi connectivity index (χ1) is 9.10. The van der Waals surface area contributed by atoms with Gasteiger partial charge in [-0.2, -0.15) is 0 Å². The molecule has 2 heterocycles. The van der Waals surface area contributed by atoms with Crippen molar-refractivity contribution >= 4 is 17.5 Å². The fourth-order valence-corrected chi connectivity index (χ4v) is 2.28. The number of likely N-dealkylation sites (N-methyl/N-ethyl adjacent to an activating group) is 1. The first kappa shape index (κ1) is 13.6. The second-order valence-electron chi connectivity index (χ2n) is 4.87. The normalized spacial score (nSPS) is 20.0. The van der Waals surface area contributed by atoms with E-state index in [1.807, 2.05) is 0 Å². The smallest absolute Gasteiger partial charge is 0.356 e. The topological polar surface area (TPSA) is 80.5 Å².